The smallest absolute Gasteiger partial charge is 0.344 e. The minimum Gasteiger partial charge on any atom is -0.477 e. The Balaban J connectivity index is 2.76. The lowest BCUT2D eigenvalue weighted by Crippen LogP contribution is -1.93. The molecule has 0 aromatic heterocycles. The average Bonchev–Trinajstić information content (AvgIpc) is 2.36. The highest BCUT2D eigenvalue weighted by atomic mass is 79.9. The van der Waals surface area contributed by atoms with Crippen LogP contribution in [0.3, 0.4) is 0 Å². The zero-order valence-electron chi connectivity index (χ0n) is 4.70. The molecule has 0 aliphatic carbocycles. The van der Waals surface area contributed by atoms with Crippen LogP contribution in [0.25, 0.3) is 0 Å². The van der Waals surface area contributed by atoms with Crippen molar-refractivity contribution in [2.45, 2.75) is 0 Å². The van der Waals surface area contributed by atoms with Gasteiger partial charge in [0.05, 0.1) is 4.24 Å². The molecular weight excluding hydrogens is 236 g/mol. The maximum atomic E-state index is 10.3. The molecule has 0 radical (unpaired) electrons. The molecule has 1 rings (SSSR count). The molecule has 0 fully saturated rings. The van der Waals surface area contributed by atoms with E-state index in [2.05, 4.69) is 15.9 Å². The number of carbonyl (C=O) groups is 1. The Morgan fingerprint density at radius 1 is 1.50 bits per heavy atom. The van der Waals surface area contributed by atoms with Gasteiger partial charge in [-0.3, -0.25) is 0 Å². The van der Waals surface area contributed by atoms with Crippen LogP contribution in [0.4, 0.5) is 0 Å². The molecule has 0 bridgehead atoms. The number of aliphatic carboxylic acids is 1. The van der Waals surface area contributed by atoms with E-state index in [1.165, 1.54) is 23.5 Å². The van der Waals surface area contributed by atoms with Crippen molar-refractivity contribution >= 4 is 45.4 Å². The molecule has 0 saturated carbocycles. The second-order valence-electron chi connectivity index (χ2n) is 1.41. The minimum atomic E-state index is -0.918. The lowest BCUT2D eigenvalue weighted by atomic mass is 10.7. The van der Waals surface area contributed by atoms with Crippen LogP contribution in [0.2, 0.25) is 0 Å². The third-order valence-corrected chi connectivity index (χ3v) is 4.16. The summed E-state index contributed by atoms with van der Waals surface area (Å²) in [7, 11) is 0. The molecule has 10 heavy (non-hydrogen) atoms. The van der Waals surface area contributed by atoms with Crippen LogP contribution in [0, 0.1) is 0 Å². The van der Waals surface area contributed by atoms with Crippen molar-refractivity contribution in [2.75, 3.05) is 0 Å². The highest BCUT2D eigenvalue weighted by molar-refractivity contribution is 9.12. The summed E-state index contributed by atoms with van der Waals surface area (Å²) in [6.45, 7) is 0. The van der Waals surface area contributed by atoms with Crippen molar-refractivity contribution < 1.29 is 9.90 Å². The Morgan fingerprint density at radius 3 is 2.40 bits per heavy atom. The van der Waals surface area contributed by atoms with Gasteiger partial charge in [-0.2, -0.15) is 0 Å². The Morgan fingerprint density at radius 2 is 2.00 bits per heavy atom. The van der Waals surface area contributed by atoms with Crippen molar-refractivity contribution in [2.24, 2.45) is 0 Å². The molecule has 54 valence electrons. The van der Waals surface area contributed by atoms with E-state index in [0.717, 1.165) is 4.24 Å². The van der Waals surface area contributed by atoms with Gasteiger partial charge in [0, 0.05) is 0 Å². The van der Waals surface area contributed by atoms with Gasteiger partial charge in [-0.15, -0.1) is 0 Å². The largest absolute Gasteiger partial charge is 0.477 e. The SMILES string of the molecule is O=C(O)C(Br)=C1SC=CS1. The van der Waals surface area contributed by atoms with E-state index in [1.807, 2.05) is 10.8 Å². The van der Waals surface area contributed by atoms with Crippen molar-refractivity contribution in [1.82, 2.24) is 0 Å². The van der Waals surface area contributed by atoms with E-state index < -0.39 is 5.97 Å². The van der Waals surface area contributed by atoms with Crippen molar-refractivity contribution in [1.29, 1.82) is 0 Å². The molecule has 1 heterocycles. The maximum Gasteiger partial charge on any atom is 0.344 e. The van der Waals surface area contributed by atoms with E-state index in [1.54, 1.807) is 0 Å². The Hall–Kier alpha value is 0.130. The molecule has 5 heteroatoms. The maximum absolute atomic E-state index is 10.3. The van der Waals surface area contributed by atoms with Crippen molar-refractivity contribution in [3.8, 4) is 0 Å². The molecule has 1 aliphatic rings. The van der Waals surface area contributed by atoms with Gasteiger partial charge >= 0.3 is 5.97 Å². The van der Waals surface area contributed by atoms with Gasteiger partial charge < -0.3 is 5.11 Å². The molecule has 0 saturated heterocycles. The van der Waals surface area contributed by atoms with Gasteiger partial charge in [-0.05, 0) is 26.7 Å². The number of carboxylic acid groups (broad SMARTS) is 1. The number of hydrogen-bond donors (Lipinski definition) is 1. The van der Waals surface area contributed by atoms with Crippen LogP contribution < -0.4 is 0 Å². The van der Waals surface area contributed by atoms with Gasteiger partial charge in [0.1, 0.15) is 4.48 Å². The van der Waals surface area contributed by atoms with Crippen molar-refractivity contribution in [3.63, 3.8) is 0 Å². The van der Waals surface area contributed by atoms with Gasteiger partial charge in [-0.25, -0.2) is 4.79 Å². The Kier molecular flexibility index (Phi) is 2.88. The lowest BCUT2D eigenvalue weighted by molar-refractivity contribution is -0.131. The molecule has 1 N–H and O–H groups in total. The summed E-state index contributed by atoms with van der Waals surface area (Å²) in [5.74, 6) is -0.918. The van der Waals surface area contributed by atoms with E-state index in [0.29, 0.717) is 0 Å². The van der Waals surface area contributed by atoms with Crippen LogP contribution in [-0.2, 0) is 4.79 Å². The van der Waals surface area contributed by atoms with Crippen LogP contribution in [0.1, 0.15) is 0 Å². The first-order valence-electron chi connectivity index (χ1n) is 2.33. The monoisotopic (exact) mass is 238 g/mol. The van der Waals surface area contributed by atoms with Crippen LogP contribution in [-0.4, -0.2) is 11.1 Å². The van der Waals surface area contributed by atoms with Gasteiger partial charge in [-0.1, -0.05) is 23.5 Å². The zero-order valence-corrected chi connectivity index (χ0v) is 7.92. The molecule has 0 aromatic carbocycles. The Bertz CT molecular complexity index is 212. The standard InChI is InChI=1S/C5H3BrO2S2/c6-3(4(7)8)5-9-1-2-10-5/h1-2H,(H,7,8). The summed E-state index contributed by atoms with van der Waals surface area (Å²) in [4.78, 5) is 10.3. The first kappa shape index (κ1) is 8.23. The molecule has 0 aromatic rings. The molecular formula is C5H3BrO2S2. The van der Waals surface area contributed by atoms with Gasteiger partial charge in [0.2, 0.25) is 0 Å². The van der Waals surface area contributed by atoms with Crippen LogP contribution in [0.5, 0.6) is 0 Å². The van der Waals surface area contributed by atoms with Crippen LogP contribution in [0.15, 0.2) is 19.5 Å². The minimum absolute atomic E-state index is 0.243. The quantitative estimate of drug-likeness (QED) is 0.713. The first-order valence-corrected chi connectivity index (χ1v) is 4.88. The zero-order chi connectivity index (χ0) is 7.56. The predicted molar refractivity (Wildman–Crippen MR) is 47.9 cm³/mol. The first-order chi connectivity index (χ1) is 4.72. The number of carboxylic acids is 1. The summed E-state index contributed by atoms with van der Waals surface area (Å²) in [5.41, 5.74) is 0. The summed E-state index contributed by atoms with van der Waals surface area (Å²) in [6.07, 6.45) is 0. The second-order valence-corrected chi connectivity index (χ2v) is 4.30. The molecule has 2 nitrogen and oxygen atoms in total. The van der Waals surface area contributed by atoms with Gasteiger partial charge in [0.15, 0.2) is 0 Å². The fourth-order valence-corrected chi connectivity index (χ4v) is 2.59. The average molecular weight is 239 g/mol. The number of rotatable bonds is 1. The Labute approximate surface area is 74.9 Å². The van der Waals surface area contributed by atoms with E-state index in [9.17, 15) is 4.79 Å². The lowest BCUT2D eigenvalue weighted by Gasteiger charge is -1.94. The summed E-state index contributed by atoms with van der Waals surface area (Å²) < 4.78 is 1.03. The fourth-order valence-electron chi connectivity index (χ4n) is 0.398. The van der Waals surface area contributed by atoms with Gasteiger partial charge in [0.25, 0.3) is 0 Å². The van der Waals surface area contributed by atoms with Crippen molar-refractivity contribution in [3.05, 3.63) is 19.5 Å². The fraction of sp³-hybridized carbons (Fsp3) is 0. The number of thioether (sulfide) groups is 2. The van der Waals surface area contributed by atoms with Crippen LogP contribution >= 0.6 is 39.5 Å². The summed E-state index contributed by atoms with van der Waals surface area (Å²) in [6, 6.07) is 0. The predicted octanol–water partition coefficient (Wildman–Crippen LogP) is 2.59. The summed E-state index contributed by atoms with van der Waals surface area (Å²) >= 11 is 5.79. The molecule has 0 amide bonds. The second kappa shape index (κ2) is 3.50. The van der Waals surface area contributed by atoms with E-state index in [-0.39, 0.29) is 4.48 Å². The third kappa shape index (κ3) is 1.81. The molecule has 0 spiro atoms. The molecule has 0 unspecified atom stereocenters. The number of hydrogen-bond acceptors (Lipinski definition) is 3. The van der Waals surface area contributed by atoms with E-state index >= 15 is 0 Å². The summed E-state index contributed by atoms with van der Waals surface area (Å²) in [5, 5.41) is 12.2. The topological polar surface area (TPSA) is 37.3 Å². The molecule has 0 atom stereocenters. The normalized spacial score (nSPS) is 15.9. The van der Waals surface area contributed by atoms with E-state index in [4.69, 9.17) is 5.11 Å². The highest BCUT2D eigenvalue weighted by Gasteiger charge is 2.13. The highest BCUT2D eigenvalue weighted by Crippen LogP contribution is 2.41. The number of halogens is 1. The third-order valence-electron chi connectivity index (χ3n) is 0.773. The molecule has 1 aliphatic heterocycles.